The lowest BCUT2D eigenvalue weighted by atomic mass is 10.0. The number of nitrogens with one attached hydrogen (secondary N) is 1. The highest BCUT2D eigenvalue weighted by Crippen LogP contribution is 2.16. The van der Waals surface area contributed by atoms with E-state index in [0.717, 1.165) is 52.2 Å². The third-order valence-corrected chi connectivity index (χ3v) is 6.49. The molecule has 0 aliphatic carbocycles. The Hall–Kier alpha value is -1.92. The molecule has 0 bridgehead atoms. The first kappa shape index (κ1) is 22.8. The fraction of sp³-hybridized carbons (Fsp3) is 0.667. The van der Waals surface area contributed by atoms with E-state index in [1.165, 1.54) is 5.56 Å². The van der Waals surface area contributed by atoms with E-state index in [4.69, 9.17) is 0 Å². The normalized spacial score (nSPS) is 20.9. The molecule has 166 valence electrons. The summed E-state index contributed by atoms with van der Waals surface area (Å²) in [5.74, 6) is 0.722. The first-order valence-corrected chi connectivity index (χ1v) is 11.5. The highest BCUT2D eigenvalue weighted by Gasteiger charge is 2.26. The molecule has 2 fully saturated rings. The smallest absolute Gasteiger partial charge is 0.251 e. The molecule has 2 amide bonds. The van der Waals surface area contributed by atoms with Crippen molar-refractivity contribution in [3.63, 3.8) is 0 Å². The Morgan fingerprint density at radius 2 is 1.67 bits per heavy atom. The molecule has 0 saturated carbocycles. The molecule has 0 radical (unpaired) electrons. The van der Waals surface area contributed by atoms with Crippen LogP contribution in [-0.4, -0.2) is 84.4 Å². The molecule has 6 nitrogen and oxygen atoms in total. The third-order valence-electron chi connectivity index (χ3n) is 6.49. The molecular weight excluding hydrogens is 376 g/mol. The van der Waals surface area contributed by atoms with Gasteiger partial charge in [-0.1, -0.05) is 26.0 Å². The maximum Gasteiger partial charge on any atom is 0.251 e. The van der Waals surface area contributed by atoms with Crippen molar-refractivity contribution in [1.82, 2.24) is 20.0 Å². The predicted octanol–water partition coefficient (Wildman–Crippen LogP) is 2.56. The first-order valence-electron chi connectivity index (χ1n) is 11.5. The lowest BCUT2D eigenvalue weighted by molar-refractivity contribution is -0.133. The van der Waals surface area contributed by atoms with Crippen LogP contribution < -0.4 is 5.32 Å². The number of likely N-dealkylation sites (tertiary alicyclic amines) is 1. The van der Waals surface area contributed by atoms with Crippen LogP contribution in [0.5, 0.6) is 0 Å². The van der Waals surface area contributed by atoms with Crippen LogP contribution in [0.1, 0.15) is 62.4 Å². The fourth-order valence-corrected chi connectivity index (χ4v) is 4.34. The summed E-state index contributed by atoms with van der Waals surface area (Å²) in [6.07, 6.45) is 1.51. The number of hydrogen-bond donors (Lipinski definition) is 1. The zero-order valence-electron chi connectivity index (χ0n) is 19.1. The molecule has 3 rings (SSSR count). The molecule has 1 N–H and O–H groups in total. The largest absolute Gasteiger partial charge is 0.348 e. The van der Waals surface area contributed by atoms with Gasteiger partial charge in [0.2, 0.25) is 5.91 Å². The van der Waals surface area contributed by atoms with Gasteiger partial charge in [-0.05, 0) is 43.9 Å². The quantitative estimate of drug-likeness (QED) is 0.745. The molecule has 1 atom stereocenters. The van der Waals surface area contributed by atoms with Crippen LogP contribution in [0.4, 0.5) is 0 Å². The van der Waals surface area contributed by atoms with Gasteiger partial charge in [-0.3, -0.25) is 14.5 Å². The summed E-state index contributed by atoms with van der Waals surface area (Å²) < 4.78 is 0. The topological polar surface area (TPSA) is 55.9 Å². The SMILES string of the molecule is CC(C)c1ccc(C(=O)NC2CCN(CCC(=O)N3CCN(C(C)C)CC3)C2)cc1. The average Bonchev–Trinajstić information content (AvgIpc) is 3.19. The van der Waals surface area contributed by atoms with Crippen molar-refractivity contribution in [2.24, 2.45) is 0 Å². The number of piperazine rings is 1. The number of nitrogens with zero attached hydrogens (tertiary/aromatic N) is 3. The molecule has 1 aromatic carbocycles. The molecule has 6 heteroatoms. The summed E-state index contributed by atoms with van der Waals surface area (Å²) in [4.78, 5) is 31.8. The van der Waals surface area contributed by atoms with Crippen LogP contribution >= 0.6 is 0 Å². The lowest BCUT2D eigenvalue weighted by Gasteiger charge is -2.37. The van der Waals surface area contributed by atoms with Gasteiger partial charge in [-0.15, -0.1) is 0 Å². The second kappa shape index (κ2) is 10.4. The summed E-state index contributed by atoms with van der Waals surface area (Å²) in [5.41, 5.74) is 1.96. The predicted molar refractivity (Wildman–Crippen MR) is 121 cm³/mol. The summed E-state index contributed by atoms with van der Waals surface area (Å²) in [5, 5.41) is 3.16. The summed E-state index contributed by atoms with van der Waals surface area (Å²) >= 11 is 0. The van der Waals surface area contributed by atoms with Gasteiger partial charge >= 0.3 is 0 Å². The van der Waals surface area contributed by atoms with Crippen LogP contribution in [0, 0.1) is 0 Å². The number of carbonyl (C=O) groups excluding carboxylic acids is 2. The highest BCUT2D eigenvalue weighted by atomic mass is 16.2. The van der Waals surface area contributed by atoms with Crippen molar-refractivity contribution < 1.29 is 9.59 Å². The number of rotatable bonds is 7. The van der Waals surface area contributed by atoms with Crippen molar-refractivity contribution in [2.45, 2.75) is 58.5 Å². The zero-order chi connectivity index (χ0) is 21.7. The number of carbonyl (C=O) groups is 2. The summed E-state index contributed by atoms with van der Waals surface area (Å²) in [7, 11) is 0. The Balaban J connectivity index is 1.38. The maximum absolute atomic E-state index is 12.6. The van der Waals surface area contributed by atoms with E-state index in [1.54, 1.807) is 0 Å². The van der Waals surface area contributed by atoms with Crippen molar-refractivity contribution in [3.05, 3.63) is 35.4 Å². The van der Waals surface area contributed by atoms with E-state index < -0.39 is 0 Å². The van der Waals surface area contributed by atoms with E-state index in [0.29, 0.717) is 23.9 Å². The first-order chi connectivity index (χ1) is 14.3. The standard InChI is InChI=1S/C24H38N4O2/c1-18(2)20-5-7-21(8-6-20)24(30)25-22-9-11-26(17-22)12-10-23(29)28-15-13-27(14-16-28)19(3)4/h5-8,18-19,22H,9-17H2,1-4H3,(H,25,30). The van der Waals surface area contributed by atoms with Gasteiger partial charge in [-0.2, -0.15) is 0 Å². The Morgan fingerprint density at radius 1 is 1.00 bits per heavy atom. The Bertz CT molecular complexity index is 708. The Labute approximate surface area is 181 Å². The third kappa shape index (κ3) is 6.05. The molecule has 1 aromatic rings. The van der Waals surface area contributed by atoms with E-state index in [-0.39, 0.29) is 17.9 Å². The molecule has 0 spiro atoms. The fourth-order valence-electron chi connectivity index (χ4n) is 4.34. The number of hydrogen-bond acceptors (Lipinski definition) is 4. The van der Waals surface area contributed by atoms with E-state index in [9.17, 15) is 9.59 Å². The van der Waals surface area contributed by atoms with Gasteiger partial charge in [0.25, 0.3) is 5.91 Å². The van der Waals surface area contributed by atoms with Crippen LogP contribution in [0.15, 0.2) is 24.3 Å². The van der Waals surface area contributed by atoms with Crippen molar-refractivity contribution in [2.75, 3.05) is 45.8 Å². The van der Waals surface area contributed by atoms with Gasteiger partial charge in [0, 0.05) is 69.9 Å². The maximum atomic E-state index is 12.6. The second-order valence-electron chi connectivity index (χ2n) is 9.30. The average molecular weight is 415 g/mol. The van der Waals surface area contributed by atoms with Gasteiger partial charge in [-0.25, -0.2) is 0 Å². The molecule has 2 saturated heterocycles. The lowest BCUT2D eigenvalue weighted by Crippen LogP contribution is -2.51. The molecule has 2 heterocycles. The van der Waals surface area contributed by atoms with Crippen molar-refractivity contribution in [3.8, 4) is 0 Å². The minimum absolute atomic E-state index is 0.00347. The van der Waals surface area contributed by atoms with Gasteiger partial charge < -0.3 is 15.1 Å². The Morgan fingerprint density at radius 3 is 2.27 bits per heavy atom. The van der Waals surface area contributed by atoms with Crippen LogP contribution in [0.2, 0.25) is 0 Å². The summed E-state index contributed by atoms with van der Waals surface area (Å²) in [6, 6.07) is 8.60. The van der Waals surface area contributed by atoms with E-state index in [2.05, 4.69) is 42.8 Å². The van der Waals surface area contributed by atoms with Gasteiger partial charge in [0.1, 0.15) is 0 Å². The van der Waals surface area contributed by atoms with Crippen LogP contribution in [-0.2, 0) is 4.79 Å². The molecular formula is C24H38N4O2. The molecule has 1 unspecified atom stereocenters. The minimum Gasteiger partial charge on any atom is -0.348 e. The number of amides is 2. The monoisotopic (exact) mass is 414 g/mol. The molecule has 2 aliphatic heterocycles. The molecule has 30 heavy (non-hydrogen) atoms. The molecule has 2 aliphatic rings. The van der Waals surface area contributed by atoms with Gasteiger partial charge in [0.15, 0.2) is 0 Å². The van der Waals surface area contributed by atoms with Crippen molar-refractivity contribution >= 4 is 11.8 Å². The van der Waals surface area contributed by atoms with Crippen molar-refractivity contribution in [1.29, 1.82) is 0 Å². The van der Waals surface area contributed by atoms with Crippen LogP contribution in [0.25, 0.3) is 0 Å². The van der Waals surface area contributed by atoms with E-state index >= 15 is 0 Å². The zero-order valence-corrected chi connectivity index (χ0v) is 19.1. The van der Waals surface area contributed by atoms with E-state index in [1.807, 2.05) is 29.2 Å². The summed E-state index contributed by atoms with van der Waals surface area (Å²) in [6.45, 7) is 14.9. The molecule has 0 aromatic heterocycles. The second-order valence-corrected chi connectivity index (χ2v) is 9.30. The van der Waals surface area contributed by atoms with Gasteiger partial charge in [0.05, 0.1) is 0 Å². The number of benzene rings is 1. The van der Waals surface area contributed by atoms with Crippen LogP contribution in [0.3, 0.4) is 0 Å². The highest BCUT2D eigenvalue weighted by molar-refractivity contribution is 5.94. The minimum atomic E-state index is -0.00347. The Kier molecular flexibility index (Phi) is 7.89.